The predicted octanol–water partition coefficient (Wildman–Crippen LogP) is 1.58. The van der Waals surface area contributed by atoms with Crippen LogP contribution in [0.2, 0.25) is 0 Å². The molecule has 1 heterocycles. The summed E-state index contributed by atoms with van der Waals surface area (Å²) < 4.78 is 0. The van der Waals surface area contributed by atoms with Gasteiger partial charge in [-0.25, -0.2) is 0 Å². The average Bonchev–Trinajstić information content (AvgIpc) is 2.81. The molecule has 2 rings (SSSR count). The van der Waals surface area contributed by atoms with Crippen LogP contribution < -0.4 is 5.32 Å². The molecule has 3 heteroatoms. The first kappa shape index (κ1) is 9.65. The van der Waals surface area contributed by atoms with Crippen molar-refractivity contribution in [3.8, 4) is 0 Å². The van der Waals surface area contributed by atoms with Crippen LogP contribution in [0, 0.1) is 0 Å². The van der Waals surface area contributed by atoms with Crippen LogP contribution in [0.3, 0.4) is 0 Å². The van der Waals surface area contributed by atoms with E-state index in [9.17, 15) is 4.79 Å². The van der Waals surface area contributed by atoms with E-state index < -0.39 is 0 Å². The Kier molecular flexibility index (Phi) is 2.93. The predicted molar refractivity (Wildman–Crippen MR) is 57.9 cm³/mol. The molecule has 1 aliphatic rings. The zero-order valence-electron chi connectivity index (χ0n) is 8.31. The molecule has 1 aromatic rings. The van der Waals surface area contributed by atoms with E-state index in [0.29, 0.717) is 6.54 Å². The number of nitrogens with zero attached hydrogens (tertiary/aromatic N) is 1. The van der Waals surface area contributed by atoms with Gasteiger partial charge in [-0.3, -0.25) is 9.78 Å². The topological polar surface area (TPSA) is 42.0 Å². The highest BCUT2D eigenvalue weighted by atomic mass is 16.1. The van der Waals surface area contributed by atoms with Gasteiger partial charge < -0.3 is 5.32 Å². The molecule has 0 saturated heterocycles. The summed E-state index contributed by atoms with van der Waals surface area (Å²) in [5, 5.41) is 2.82. The van der Waals surface area contributed by atoms with Gasteiger partial charge in [-0.15, -0.1) is 0 Å². The molecule has 0 radical (unpaired) electrons. The molecule has 15 heavy (non-hydrogen) atoms. The Labute approximate surface area is 88.5 Å². The Hall–Kier alpha value is -1.90. The van der Waals surface area contributed by atoms with Crippen LogP contribution in [-0.4, -0.2) is 10.9 Å². The molecule has 1 N–H and O–H groups in total. The first-order valence-corrected chi connectivity index (χ1v) is 4.91. The summed E-state index contributed by atoms with van der Waals surface area (Å²) in [6.45, 7) is 0.477. The lowest BCUT2D eigenvalue weighted by Gasteiger charge is -2.03. The third-order valence-electron chi connectivity index (χ3n) is 2.19. The second-order valence-corrected chi connectivity index (χ2v) is 3.30. The smallest absolute Gasteiger partial charge is 0.251 e. The SMILES string of the molecule is O=C(NCc1ccccn1)C1=CCC=C1. The number of pyridine rings is 1. The Bertz CT molecular complexity index is 407. The van der Waals surface area contributed by atoms with Gasteiger partial charge in [-0.1, -0.05) is 24.3 Å². The van der Waals surface area contributed by atoms with Gasteiger partial charge in [0.05, 0.1) is 12.2 Å². The molecule has 0 saturated carbocycles. The van der Waals surface area contributed by atoms with Crippen LogP contribution in [0.5, 0.6) is 0 Å². The Morgan fingerprint density at radius 3 is 3.07 bits per heavy atom. The molecule has 76 valence electrons. The minimum Gasteiger partial charge on any atom is -0.346 e. The van der Waals surface area contributed by atoms with E-state index in [4.69, 9.17) is 0 Å². The Morgan fingerprint density at radius 2 is 2.40 bits per heavy atom. The number of hydrogen-bond donors (Lipinski definition) is 1. The molecule has 0 aliphatic heterocycles. The lowest BCUT2D eigenvalue weighted by Crippen LogP contribution is -2.23. The molecule has 1 amide bonds. The molecule has 3 nitrogen and oxygen atoms in total. The largest absolute Gasteiger partial charge is 0.346 e. The van der Waals surface area contributed by atoms with Crippen molar-refractivity contribution in [2.24, 2.45) is 0 Å². The van der Waals surface area contributed by atoms with Crippen molar-refractivity contribution >= 4 is 5.91 Å². The second kappa shape index (κ2) is 4.55. The average molecular weight is 200 g/mol. The maximum Gasteiger partial charge on any atom is 0.251 e. The van der Waals surface area contributed by atoms with Gasteiger partial charge in [0.15, 0.2) is 0 Å². The second-order valence-electron chi connectivity index (χ2n) is 3.30. The minimum atomic E-state index is -0.0330. The first-order chi connectivity index (χ1) is 7.36. The fourth-order valence-electron chi connectivity index (χ4n) is 1.40. The van der Waals surface area contributed by atoms with E-state index in [2.05, 4.69) is 10.3 Å². The van der Waals surface area contributed by atoms with Gasteiger partial charge in [-0.2, -0.15) is 0 Å². The van der Waals surface area contributed by atoms with Crippen LogP contribution in [-0.2, 0) is 11.3 Å². The Balaban J connectivity index is 1.89. The van der Waals surface area contributed by atoms with E-state index in [1.165, 1.54) is 0 Å². The van der Waals surface area contributed by atoms with Crippen LogP contribution in [0.25, 0.3) is 0 Å². The summed E-state index contributed by atoms with van der Waals surface area (Å²) in [5.74, 6) is -0.0330. The standard InChI is InChI=1S/C12H12N2O/c15-12(10-5-1-2-6-10)14-9-11-7-3-4-8-13-11/h1,3-8H,2,9H2,(H,14,15). The van der Waals surface area contributed by atoms with Gasteiger partial charge in [0.2, 0.25) is 0 Å². The molecule has 0 fully saturated rings. The summed E-state index contributed by atoms with van der Waals surface area (Å²) in [4.78, 5) is 15.7. The van der Waals surface area contributed by atoms with E-state index >= 15 is 0 Å². The third-order valence-corrected chi connectivity index (χ3v) is 2.19. The number of hydrogen-bond acceptors (Lipinski definition) is 2. The van der Waals surface area contributed by atoms with Crippen molar-refractivity contribution in [1.82, 2.24) is 10.3 Å². The zero-order valence-corrected chi connectivity index (χ0v) is 8.31. The van der Waals surface area contributed by atoms with Crippen molar-refractivity contribution in [2.45, 2.75) is 13.0 Å². The van der Waals surface area contributed by atoms with E-state index in [1.54, 1.807) is 6.20 Å². The summed E-state index contributed by atoms with van der Waals surface area (Å²) in [6.07, 6.45) is 8.29. The third kappa shape index (κ3) is 2.53. The molecule has 0 spiro atoms. The summed E-state index contributed by atoms with van der Waals surface area (Å²) in [7, 11) is 0. The molecular weight excluding hydrogens is 188 g/mol. The van der Waals surface area contributed by atoms with E-state index in [1.807, 2.05) is 36.4 Å². The van der Waals surface area contributed by atoms with Crippen molar-refractivity contribution < 1.29 is 4.79 Å². The molecule has 1 aliphatic carbocycles. The number of allylic oxidation sites excluding steroid dienone is 2. The lowest BCUT2D eigenvalue weighted by molar-refractivity contribution is -0.117. The van der Waals surface area contributed by atoms with Crippen LogP contribution in [0.15, 0.2) is 48.2 Å². The number of rotatable bonds is 3. The maximum absolute atomic E-state index is 11.6. The fraction of sp³-hybridized carbons (Fsp3) is 0.167. The van der Waals surface area contributed by atoms with Gasteiger partial charge in [0.1, 0.15) is 0 Å². The number of carbonyl (C=O) groups excluding carboxylic acids is 1. The van der Waals surface area contributed by atoms with Gasteiger partial charge >= 0.3 is 0 Å². The lowest BCUT2D eigenvalue weighted by atomic mass is 10.2. The fourth-order valence-corrected chi connectivity index (χ4v) is 1.40. The molecule has 0 atom stereocenters. The van der Waals surface area contributed by atoms with E-state index in [-0.39, 0.29) is 5.91 Å². The van der Waals surface area contributed by atoms with Crippen molar-refractivity contribution in [2.75, 3.05) is 0 Å². The van der Waals surface area contributed by atoms with Gasteiger partial charge in [-0.05, 0) is 18.6 Å². The summed E-state index contributed by atoms with van der Waals surface area (Å²) in [5.41, 5.74) is 1.61. The zero-order chi connectivity index (χ0) is 10.5. The molecule has 0 aromatic carbocycles. The van der Waals surface area contributed by atoms with Gasteiger partial charge in [0, 0.05) is 11.8 Å². The van der Waals surface area contributed by atoms with Crippen LogP contribution >= 0.6 is 0 Å². The number of aromatic nitrogens is 1. The van der Waals surface area contributed by atoms with Gasteiger partial charge in [0.25, 0.3) is 5.91 Å². The monoisotopic (exact) mass is 200 g/mol. The van der Waals surface area contributed by atoms with Crippen molar-refractivity contribution in [3.05, 3.63) is 53.9 Å². The highest BCUT2D eigenvalue weighted by molar-refractivity contribution is 5.96. The minimum absolute atomic E-state index is 0.0330. The maximum atomic E-state index is 11.6. The molecular formula is C12H12N2O. The number of amides is 1. The normalized spacial score (nSPS) is 13.7. The highest BCUT2D eigenvalue weighted by Crippen LogP contribution is 2.08. The molecule has 1 aromatic heterocycles. The number of carbonyl (C=O) groups is 1. The molecule has 0 bridgehead atoms. The Morgan fingerprint density at radius 1 is 1.47 bits per heavy atom. The number of nitrogens with one attached hydrogen (secondary N) is 1. The summed E-state index contributed by atoms with van der Waals surface area (Å²) >= 11 is 0. The summed E-state index contributed by atoms with van der Waals surface area (Å²) in [6, 6.07) is 5.65. The molecule has 0 unspecified atom stereocenters. The highest BCUT2D eigenvalue weighted by Gasteiger charge is 2.07. The van der Waals surface area contributed by atoms with E-state index in [0.717, 1.165) is 17.7 Å². The van der Waals surface area contributed by atoms with Crippen molar-refractivity contribution in [1.29, 1.82) is 0 Å². The van der Waals surface area contributed by atoms with Crippen molar-refractivity contribution in [3.63, 3.8) is 0 Å². The van der Waals surface area contributed by atoms with Crippen LogP contribution in [0.1, 0.15) is 12.1 Å². The quantitative estimate of drug-likeness (QED) is 0.805. The first-order valence-electron chi connectivity index (χ1n) is 4.91. The van der Waals surface area contributed by atoms with Crippen LogP contribution in [0.4, 0.5) is 0 Å².